The number of fused-ring (bicyclic) bond motifs is 5. The van der Waals surface area contributed by atoms with Crippen molar-refractivity contribution in [3.63, 3.8) is 0 Å². The highest BCUT2D eigenvalue weighted by Crippen LogP contribution is 2.54. The van der Waals surface area contributed by atoms with Gasteiger partial charge in [0.15, 0.2) is 0 Å². The second-order valence-electron chi connectivity index (χ2n) is 4.09. The summed E-state index contributed by atoms with van der Waals surface area (Å²) in [5, 5.41) is 8.99. The molecule has 0 saturated heterocycles. The van der Waals surface area contributed by atoms with Gasteiger partial charge < -0.3 is 4.74 Å². The van der Waals surface area contributed by atoms with E-state index < -0.39 is 0 Å². The molecule has 0 N–H and O–H groups in total. The van der Waals surface area contributed by atoms with Crippen LogP contribution in [0.15, 0.2) is 29.8 Å². The Bertz CT molecular complexity index is 496. The first-order valence-corrected chi connectivity index (χ1v) is 5.13. The van der Waals surface area contributed by atoms with Gasteiger partial charge >= 0.3 is 0 Å². The number of benzene rings is 1. The Morgan fingerprint density at radius 3 is 3.07 bits per heavy atom. The van der Waals surface area contributed by atoms with E-state index in [4.69, 9.17) is 10.00 Å². The van der Waals surface area contributed by atoms with Crippen LogP contribution < -0.4 is 4.74 Å². The molecule has 0 aromatic heterocycles. The fraction of sp³-hybridized carbons (Fsp3) is 0.308. The molecule has 1 aromatic rings. The van der Waals surface area contributed by atoms with Gasteiger partial charge in [-0.3, -0.25) is 0 Å². The number of nitriles is 1. The van der Waals surface area contributed by atoms with Crippen LogP contribution in [-0.4, -0.2) is 7.11 Å². The van der Waals surface area contributed by atoms with E-state index in [1.54, 1.807) is 7.11 Å². The Labute approximate surface area is 88.8 Å². The highest BCUT2D eigenvalue weighted by molar-refractivity contribution is 5.59. The maximum atomic E-state index is 8.99. The van der Waals surface area contributed by atoms with Crippen molar-refractivity contribution in [1.82, 2.24) is 0 Å². The molecule has 2 heteroatoms. The van der Waals surface area contributed by atoms with Crippen LogP contribution >= 0.6 is 0 Å². The maximum absolute atomic E-state index is 8.99. The third kappa shape index (κ3) is 0.979. The Morgan fingerprint density at radius 2 is 2.33 bits per heavy atom. The molecule has 2 atom stereocenters. The first kappa shape index (κ1) is 8.55. The molecule has 0 saturated carbocycles. The van der Waals surface area contributed by atoms with Crippen molar-refractivity contribution in [1.29, 1.82) is 5.26 Å². The average Bonchev–Trinajstić information content (AvgIpc) is 2.86. The Balaban J connectivity index is 2.18. The zero-order chi connectivity index (χ0) is 10.4. The second-order valence-corrected chi connectivity index (χ2v) is 4.09. The minimum absolute atomic E-state index is 0.324. The standard InChI is InChI=1S/C13H11NO/c1-15-12-4-2-3-10-11-6-8(13(10)12)5-9(11)7-14/h2-5,8,11H,6H2,1H3/t8-,11+/m1/s1. The molecule has 2 aliphatic rings. The lowest BCUT2D eigenvalue weighted by atomic mass is 9.91. The van der Waals surface area contributed by atoms with E-state index in [0.29, 0.717) is 11.8 Å². The normalized spacial score (nSPS) is 25.7. The van der Waals surface area contributed by atoms with Crippen LogP contribution in [0.4, 0.5) is 0 Å². The van der Waals surface area contributed by atoms with Gasteiger partial charge in [-0.1, -0.05) is 18.2 Å². The minimum Gasteiger partial charge on any atom is -0.496 e. The monoisotopic (exact) mass is 197 g/mol. The number of rotatable bonds is 1. The SMILES string of the molecule is COc1cccc2c1[C@@H]1C=C(C#N)[C@@H]2C1. The number of hydrogen-bond donors (Lipinski definition) is 0. The predicted molar refractivity (Wildman–Crippen MR) is 56.8 cm³/mol. The molecule has 3 rings (SSSR count). The molecule has 0 spiro atoms. The summed E-state index contributed by atoms with van der Waals surface area (Å²) in [6.45, 7) is 0. The smallest absolute Gasteiger partial charge is 0.122 e. The average molecular weight is 197 g/mol. The largest absolute Gasteiger partial charge is 0.496 e. The molecule has 0 radical (unpaired) electrons. The van der Waals surface area contributed by atoms with Gasteiger partial charge in [0.25, 0.3) is 0 Å². The van der Waals surface area contributed by atoms with E-state index in [-0.39, 0.29) is 0 Å². The third-order valence-electron chi connectivity index (χ3n) is 3.44. The van der Waals surface area contributed by atoms with Gasteiger partial charge in [-0.15, -0.1) is 0 Å². The first-order chi connectivity index (χ1) is 7.35. The number of nitrogens with zero attached hydrogens (tertiary/aromatic N) is 1. The number of ether oxygens (including phenoxy) is 1. The minimum atomic E-state index is 0.324. The van der Waals surface area contributed by atoms with Crippen LogP contribution in [0, 0.1) is 11.3 Å². The zero-order valence-corrected chi connectivity index (χ0v) is 8.53. The van der Waals surface area contributed by atoms with Gasteiger partial charge in [-0.25, -0.2) is 0 Å². The quantitative estimate of drug-likeness (QED) is 0.693. The number of hydrogen-bond acceptors (Lipinski definition) is 2. The predicted octanol–water partition coefficient (Wildman–Crippen LogP) is 2.73. The van der Waals surface area contributed by atoms with E-state index in [9.17, 15) is 0 Å². The van der Waals surface area contributed by atoms with E-state index in [1.807, 2.05) is 12.1 Å². The van der Waals surface area contributed by atoms with Crippen LogP contribution in [0.25, 0.3) is 0 Å². The molecule has 2 bridgehead atoms. The molecule has 0 heterocycles. The lowest BCUT2D eigenvalue weighted by Crippen LogP contribution is -2.00. The molecule has 2 aliphatic carbocycles. The van der Waals surface area contributed by atoms with E-state index in [0.717, 1.165) is 17.7 Å². The summed E-state index contributed by atoms with van der Waals surface area (Å²) in [4.78, 5) is 0. The van der Waals surface area contributed by atoms with Gasteiger partial charge in [0.05, 0.1) is 13.2 Å². The van der Waals surface area contributed by atoms with Gasteiger partial charge in [0.1, 0.15) is 5.75 Å². The topological polar surface area (TPSA) is 33.0 Å². The van der Waals surface area contributed by atoms with Crippen molar-refractivity contribution in [3.05, 3.63) is 41.0 Å². The van der Waals surface area contributed by atoms with Crippen LogP contribution in [0.5, 0.6) is 5.75 Å². The van der Waals surface area contributed by atoms with Crippen molar-refractivity contribution in [3.8, 4) is 11.8 Å². The fourth-order valence-electron chi connectivity index (χ4n) is 2.83. The molecule has 1 aromatic carbocycles. The van der Waals surface area contributed by atoms with Gasteiger partial charge in [0.2, 0.25) is 0 Å². The van der Waals surface area contributed by atoms with Gasteiger partial charge in [-0.2, -0.15) is 5.26 Å². The second kappa shape index (κ2) is 2.87. The summed E-state index contributed by atoms with van der Waals surface area (Å²) in [5.74, 6) is 1.69. The number of methoxy groups -OCH3 is 1. The highest BCUT2D eigenvalue weighted by atomic mass is 16.5. The zero-order valence-electron chi connectivity index (χ0n) is 8.53. The molecular weight excluding hydrogens is 186 g/mol. The van der Waals surface area contributed by atoms with Gasteiger partial charge in [-0.05, 0) is 18.1 Å². The molecular formula is C13H11NO. The van der Waals surface area contributed by atoms with Crippen LogP contribution in [0.3, 0.4) is 0 Å². The summed E-state index contributed by atoms with van der Waals surface area (Å²) in [5.41, 5.74) is 3.52. The highest BCUT2D eigenvalue weighted by Gasteiger charge is 2.39. The van der Waals surface area contributed by atoms with Crippen molar-refractivity contribution in [2.45, 2.75) is 18.3 Å². The van der Waals surface area contributed by atoms with Crippen molar-refractivity contribution in [2.75, 3.05) is 7.11 Å². The van der Waals surface area contributed by atoms with Crippen molar-refractivity contribution < 1.29 is 4.74 Å². The summed E-state index contributed by atoms with van der Waals surface area (Å²) in [7, 11) is 1.70. The molecule has 74 valence electrons. The third-order valence-corrected chi connectivity index (χ3v) is 3.44. The van der Waals surface area contributed by atoms with Crippen LogP contribution in [0.1, 0.15) is 29.4 Å². The lowest BCUT2D eigenvalue weighted by molar-refractivity contribution is 0.409. The fourth-order valence-corrected chi connectivity index (χ4v) is 2.83. The molecule has 0 aliphatic heterocycles. The maximum Gasteiger partial charge on any atom is 0.122 e. The van der Waals surface area contributed by atoms with E-state index in [2.05, 4.69) is 18.2 Å². The van der Waals surface area contributed by atoms with Crippen LogP contribution in [0.2, 0.25) is 0 Å². The van der Waals surface area contributed by atoms with Crippen LogP contribution in [-0.2, 0) is 0 Å². The van der Waals surface area contributed by atoms with E-state index in [1.165, 1.54) is 11.1 Å². The molecule has 0 amide bonds. The summed E-state index contributed by atoms with van der Waals surface area (Å²) >= 11 is 0. The molecule has 15 heavy (non-hydrogen) atoms. The molecule has 2 nitrogen and oxygen atoms in total. The van der Waals surface area contributed by atoms with Crippen molar-refractivity contribution >= 4 is 0 Å². The first-order valence-electron chi connectivity index (χ1n) is 5.13. The van der Waals surface area contributed by atoms with Crippen molar-refractivity contribution in [2.24, 2.45) is 0 Å². The Morgan fingerprint density at radius 1 is 1.47 bits per heavy atom. The Kier molecular flexibility index (Phi) is 1.63. The molecule has 0 fully saturated rings. The summed E-state index contributed by atoms with van der Waals surface area (Å²) in [6, 6.07) is 8.42. The summed E-state index contributed by atoms with van der Waals surface area (Å²) < 4.78 is 5.37. The summed E-state index contributed by atoms with van der Waals surface area (Å²) in [6.07, 6.45) is 3.15. The molecule has 0 unspecified atom stereocenters. The lowest BCUT2D eigenvalue weighted by Gasteiger charge is -2.15. The van der Waals surface area contributed by atoms with Gasteiger partial charge in [0, 0.05) is 23.0 Å². The van der Waals surface area contributed by atoms with E-state index >= 15 is 0 Å². The Hall–Kier alpha value is -1.75. The number of allylic oxidation sites excluding steroid dienone is 2.